The number of halogens is 2. The van der Waals surface area contributed by atoms with Gasteiger partial charge in [-0.15, -0.1) is 0 Å². The van der Waals surface area contributed by atoms with E-state index in [1.807, 2.05) is 12.1 Å². The Hall–Kier alpha value is -0.730. The summed E-state index contributed by atoms with van der Waals surface area (Å²) in [6.07, 6.45) is 4.86. The first-order valence-electron chi connectivity index (χ1n) is 5.35. The van der Waals surface area contributed by atoms with Gasteiger partial charge in [0.15, 0.2) is 0 Å². The van der Waals surface area contributed by atoms with Crippen molar-refractivity contribution in [3.63, 3.8) is 0 Å². The number of hydrogen-bond acceptors (Lipinski definition) is 1. The van der Waals surface area contributed by atoms with Crippen LogP contribution in [0.1, 0.15) is 31.2 Å². The van der Waals surface area contributed by atoms with Crippen LogP contribution in [0.2, 0.25) is 10.0 Å². The first kappa shape index (κ1) is 11.7. The predicted octanol–water partition coefficient (Wildman–Crippen LogP) is 3.51. The molecule has 0 aromatic heterocycles. The molecule has 1 aliphatic carbocycles. The molecular formula is C12H13Cl2NO. The highest BCUT2D eigenvalue weighted by molar-refractivity contribution is 6.35. The Bertz CT molecular complexity index is 400. The van der Waals surface area contributed by atoms with E-state index in [4.69, 9.17) is 23.2 Å². The van der Waals surface area contributed by atoms with Gasteiger partial charge in [0, 0.05) is 10.0 Å². The molecule has 1 saturated carbocycles. The number of nitrogens with one attached hydrogen (secondary N) is 1. The molecule has 2 rings (SSSR count). The molecule has 0 spiro atoms. The van der Waals surface area contributed by atoms with E-state index in [2.05, 4.69) is 5.32 Å². The van der Waals surface area contributed by atoms with E-state index in [0.717, 1.165) is 37.7 Å². The largest absolute Gasteiger partial charge is 0.349 e. The molecule has 2 nitrogen and oxygen atoms in total. The topological polar surface area (TPSA) is 29.1 Å². The molecule has 1 aliphatic rings. The highest BCUT2D eigenvalue weighted by Crippen LogP contribution is 2.41. The summed E-state index contributed by atoms with van der Waals surface area (Å²) in [5, 5.41) is 4.17. The number of hydrogen-bond donors (Lipinski definition) is 1. The number of carbonyl (C=O) groups excluding carboxylic acids is 1. The molecule has 0 aliphatic heterocycles. The van der Waals surface area contributed by atoms with Gasteiger partial charge in [-0.1, -0.05) is 42.1 Å². The molecule has 16 heavy (non-hydrogen) atoms. The summed E-state index contributed by atoms with van der Waals surface area (Å²) in [5.41, 5.74) is 0.687. The molecule has 1 amide bonds. The van der Waals surface area contributed by atoms with Gasteiger partial charge in [-0.2, -0.15) is 0 Å². The zero-order chi connectivity index (χ0) is 11.6. The van der Waals surface area contributed by atoms with Gasteiger partial charge in [-0.3, -0.25) is 4.79 Å². The Balaban J connectivity index is 2.42. The molecule has 0 radical (unpaired) electrons. The molecule has 1 aromatic rings. The van der Waals surface area contributed by atoms with Crippen LogP contribution in [-0.2, 0) is 10.3 Å². The van der Waals surface area contributed by atoms with Gasteiger partial charge >= 0.3 is 0 Å². The second-order valence-corrected chi connectivity index (χ2v) is 5.02. The van der Waals surface area contributed by atoms with Crippen molar-refractivity contribution < 1.29 is 4.79 Å². The summed E-state index contributed by atoms with van der Waals surface area (Å²) in [6, 6.07) is 5.45. The van der Waals surface area contributed by atoms with E-state index in [1.165, 1.54) is 0 Å². The summed E-state index contributed by atoms with van der Waals surface area (Å²) in [7, 11) is 0. The summed E-state index contributed by atoms with van der Waals surface area (Å²) >= 11 is 12.1. The third-order valence-corrected chi connectivity index (χ3v) is 3.79. The predicted molar refractivity (Wildman–Crippen MR) is 65.8 cm³/mol. The van der Waals surface area contributed by atoms with Crippen LogP contribution in [0.25, 0.3) is 0 Å². The lowest BCUT2D eigenvalue weighted by Crippen LogP contribution is -2.39. The quantitative estimate of drug-likeness (QED) is 0.826. The van der Waals surface area contributed by atoms with Crippen molar-refractivity contribution in [3.05, 3.63) is 33.8 Å². The molecule has 1 fully saturated rings. The monoisotopic (exact) mass is 257 g/mol. The Morgan fingerprint density at radius 2 is 1.94 bits per heavy atom. The van der Waals surface area contributed by atoms with Crippen molar-refractivity contribution in [2.24, 2.45) is 0 Å². The van der Waals surface area contributed by atoms with Crippen LogP contribution < -0.4 is 5.32 Å². The SMILES string of the molecule is O=CNC1(c2ccc(Cl)cc2Cl)CCCC1. The Morgan fingerprint density at radius 1 is 1.25 bits per heavy atom. The fourth-order valence-electron chi connectivity index (χ4n) is 2.46. The van der Waals surface area contributed by atoms with Gasteiger partial charge in [0.25, 0.3) is 0 Å². The average Bonchev–Trinajstić information content (AvgIpc) is 2.67. The van der Waals surface area contributed by atoms with Crippen molar-refractivity contribution in [3.8, 4) is 0 Å². The van der Waals surface area contributed by atoms with Crippen LogP contribution in [0, 0.1) is 0 Å². The Kier molecular flexibility index (Phi) is 3.41. The normalized spacial score (nSPS) is 18.4. The number of amides is 1. The lowest BCUT2D eigenvalue weighted by atomic mass is 9.88. The third kappa shape index (κ3) is 2.04. The van der Waals surface area contributed by atoms with E-state index < -0.39 is 0 Å². The third-order valence-electron chi connectivity index (χ3n) is 3.24. The lowest BCUT2D eigenvalue weighted by molar-refractivity contribution is -0.111. The van der Waals surface area contributed by atoms with Crippen LogP contribution in [0.15, 0.2) is 18.2 Å². The van der Waals surface area contributed by atoms with Crippen LogP contribution >= 0.6 is 23.2 Å². The molecule has 0 heterocycles. The fraction of sp³-hybridized carbons (Fsp3) is 0.417. The summed E-state index contributed by atoms with van der Waals surface area (Å²) in [4.78, 5) is 10.7. The minimum absolute atomic E-state index is 0.288. The summed E-state index contributed by atoms with van der Waals surface area (Å²) in [5.74, 6) is 0. The van der Waals surface area contributed by atoms with Crippen LogP contribution in [-0.4, -0.2) is 6.41 Å². The Morgan fingerprint density at radius 3 is 2.50 bits per heavy atom. The van der Waals surface area contributed by atoms with Gasteiger partial charge in [0.2, 0.25) is 6.41 Å². The molecule has 0 saturated heterocycles. The van der Waals surface area contributed by atoms with Crippen LogP contribution in [0.5, 0.6) is 0 Å². The molecule has 0 atom stereocenters. The zero-order valence-electron chi connectivity index (χ0n) is 8.80. The van der Waals surface area contributed by atoms with Crippen molar-refractivity contribution in [2.75, 3.05) is 0 Å². The van der Waals surface area contributed by atoms with Gasteiger partial charge in [0.1, 0.15) is 0 Å². The highest BCUT2D eigenvalue weighted by Gasteiger charge is 2.36. The van der Waals surface area contributed by atoms with Crippen molar-refractivity contribution in [1.29, 1.82) is 0 Å². The van der Waals surface area contributed by atoms with Gasteiger partial charge in [0.05, 0.1) is 5.54 Å². The number of benzene rings is 1. The van der Waals surface area contributed by atoms with Crippen molar-refractivity contribution in [2.45, 2.75) is 31.2 Å². The maximum Gasteiger partial charge on any atom is 0.207 e. The molecular weight excluding hydrogens is 245 g/mol. The average molecular weight is 258 g/mol. The maximum atomic E-state index is 10.7. The molecule has 4 heteroatoms. The molecule has 86 valence electrons. The van der Waals surface area contributed by atoms with E-state index in [0.29, 0.717) is 10.0 Å². The summed E-state index contributed by atoms with van der Waals surface area (Å²) < 4.78 is 0. The number of carbonyl (C=O) groups is 1. The lowest BCUT2D eigenvalue weighted by Gasteiger charge is -2.30. The van der Waals surface area contributed by atoms with E-state index in [1.54, 1.807) is 6.07 Å². The highest BCUT2D eigenvalue weighted by atomic mass is 35.5. The number of rotatable bonds is 3. The van der Waals surface area contributed by atoms with Gasteiger partial charge in [-0.05, 0) is 30.5 Å². The minimum atomic E-state index is -0.288. The van der Waals surface area contributed by atoms with E-state index >= 15 is 0 Å². The summed E-state index contributed by atoms with van der Waals surface area (Å²) in [6.45, 7) is 0. The molecule has 0 unspecified atom stereocenters. The van der Waals surface area contributed by atoms with Crippen molar-refractivity contribution >= 4 is 29.6 Å². The van der Waals surface area contributed by atoms with Crippen LogP contribution in [0.3, 0.4) is 0 Å². The maximum absolute atomic E-state index is 10.7. The zero-order valence-corrected chi connectivity index (χ0v) is 10.3. The fourth-order valence-corrected chi connectivity index (χ4v) is 3.05. The molecule has 1 aromatic carbocycles. The van der Waals surface area contributed by atoms with Crippen molar-refractivity contribution in [1.82, 2.24) is 5.32 Å². The molecule has 1 N–H and O–H groups in total. The minimum Gasteiger partial charge on any atom is -0.349 e. The molecule has 0 bridgehead atoms. The smallest absolute Gasteiger partial charge is 0.207 e. The van der Waals surface area contributed by atoms with Crippen LogP contribution in [0.4, 0.5) is 0 Å². The van der Waals surface area contributed by atoms with E-state index in [-0.39, 0.29) is 5.54 Å². The first-order valence-corrected chi connectivity index (χ1v) is 6.10. The second kappa shape index (κ2) is 4.64. The van der Waals surface area contributed by atoms with Gasteiger partial charge < -0.3 is 5.32 Å². The second-order valence-electron chi connectivity index (χ2n) is 4.18. The first-order chi connectivity index (χ1) is 7.68. The van der Waals surface area contributed by atoms with Gasteiger partial charge in [-0.25, -0.2) is 0 Å². The standard InChI is InChI=1S/C12H13Cl2NO/c13-9-3-4-10(11(14)7-9)12(15-8-16)5-1-2-6-12/h3-4,7-8H,1-2,5-6H2,(H,15,16). The van der Waals surface area contributed by atoms with E-state index in [9.17, 15) is 4.79 Å². The Labute approximate surface area is 105 Å².